The van der Waals surface area contributed by atoms with Crippen LogP contribution < -0.4 is 20.1 Å². The van der Waals surface area contributed by atoms with Crippen molar-refractivity contribution in [3.63, 3.8) is 0 Å². The van der Waals surface area contributed by atoms with Gasteiger partial charge in [-0.15, -0.1) is 20.4 Å². The van der Waals surface area contributed by atoms with Crippen LogP contribution in [0.5, 0.6) is 11.5 Å². The second kappa shape index (κ2) is 12.3. The molecule has 2 amide bonds. The minimum atomic E-state index is -0.148. The molecule has 2 aromatic carbocycles. The molecular formula is C27H28N6O4S2. The van der Waals surface area contributed by atoms with Gasteiger partial charge in [0.15, 0.2) is 0 Å². The monoisotopic (exact) mass is 564 g/mol. The van der Waals surface area contributed by atoms with Crippen molar-refractivity contribution in [2.24, 2.45) is 0 Å². The number of methoxy groups -OCH3 is 2. The Morgan fingerprint density at radius 3 is 1.67 bits per heavy atom. The maximum Gasteiger partial charge on any atom is 0.230 e. The highest BCUT2D eigenvalue weighted by molar-refractivity contribution is 7.15. The summed E-state index contributed by atoms with van der Waals surface area (Å²) in [4.78, 5) is 25.0. The second-order valence-corrected chi connectivity index (χ2v) is 11.3. The molecule has 2 aromatic heterocycles. The summed E-state index contributed by atoms with van der Waals surface area (Å²) in [7, 11) is 3.20. The van der Waals surface area contributed by atoms with E-state index in [9.17, 15) is 9.59 Å². The average Bonchev–Trinajstić information content (AvgIpc) is 3.70. The van der Waals surface area contributed by atoms with Crippen molar-refractivity contribution in [1.82, 2.24) is 20.4 Å². The van der Waals surface area contributed by atoms with Crippen LogP contribution in [0.1, 0.15) is 52.2 Å². The van der Waals surface area contributed by atoms with Crippen LogP contribution in [0.15, 0.2) is 48.5 Å². The summed E-state index contributed by atoms with van der Waals surface area (Å²) in [6.07, 6.45) is 3.24. The molecule has 4 aromatic rings. The highest BCUT2D eigenvalue weighted by Crippen LogP contribution is 2.45. The first-order valence-corrected chi connectivity index (χ1v) is 14.1. The van der Waals surface area contributed by atoms with Gasteiger partial charge in [0.05, 0.1) is 27.1 Å². The Morgan fingerprint density at radius 2 is 1.23 bits per heavy atom. The molecule has 0 unspecified atom stereocenters. The predicted octanol–water partition coefficient (Wildman–Crippen LogP) is 4.82. The van der Waals surface area contributed by atoms with E-state index in [0.717, 1.165) is 40.4 Å². The van der Waals surface area contributed by atoms with Crippen LogP contribution in [0.25, 0.3) is 0 Å². The number of nitrogens with one attached hydrogen (secondary N) is 2. The number of aromatic nitrogens is 4. The van der Waals surface area contributed by atoms with Crippen molar-refractivity contribution in [3.05, 3.63) is 69.7 Å². The Balaban J connectivity index is 1.12. The van der Waals surface area contributed by atoms with Crippen molar-refractivity contribution in [2.75, 3.05) is 24.9 Å². The van der Waals surface area contributed by atoms with Crippen molar-refractivity contribution in [3.8, 4) is 11.5 Å². The first kappa shape index (κ1) is 26.7. The Labute approximate surface area is 233 Å². The number of amides is 2. The molecule has 1 saturated carbocycles. The van der Waals surface area contributed by atoms with Crippen LogP contribution in [0.2, 0.25) is 0 Å². The van der Waals surface area contributed by atoms with E-state index >= 15 is 0 Å². The molecule has 10 nitrogen and oxygen atoms in total. The number of carbonyl (C=O) groups excluding carboxylic acids is 2. The summed E-state index contributed by atoms with van der Waals surface area (Å²) in [5, 5.41) is 25.6. The summed E-state index contributed by atoms with van der Waals surface area (Å²) in [6.45, 7) is 0. The van der Waals surface area contributed by atoms with Gasteiger partial charge >= 0.3 is 0 Å². The van der Waals surface area contributed by atoms with Crippen molar-refractivity contribution in [2.45, 2.75) is 43.9 Å². The minimum absolute atomic E-state index is 0.148. The van der Waals surface area contributed by atoms with Gasteiger partial charge in [-0.25, -0.2) is 0 Å². The van der Waals surface area contributed by atoms with Crippen LogP contribution in [0.4, 0.5) is 10.3 Å². The molecule has 12 heteroatoms. The zero-order valence-electron chi connectivity index (χ0n) is 21.5. The standard InChI is InChI=1S/C27H28N6O4S2/c1-36-20-7-3-5-16(11-20)13-22(34)28-26-32-30-24(38-26)18-9-10-19(15-18)25-31-33-27(39-25)29-23(35)14-17-6-4-8-21(12-17)37-2/h3-8,11-12,18-19H,9-10,13-15H2,1-2H3,(H,28,32,34)(H,29,33,35)/t18-,19-/m1/s1. The van der Waals surface area contributed by atoms with Gasteiger partial charge in [0.1, 0.15) is 21.5 Å². The summed E-state index contributed by atoms with van der Waals surface area (Å²) >= 11 is 2.83. The minimum Gasteiger partial charge on any atom is -0.497 e. The highest BCUT2D eigenvalue weighted by Gasteiger charge is 2.32. The number of hydrogen-bond donors (Lipinski definition) is 2. The van der Waals surface area contributed by atoms with Crippen LogP contribution in [0.3, 0.4) is 0 Å². The van der Waals surface area contributed by atoms with Crippen molar-refractivity contribution in [1.29, 1.82) is 0 Å². The predicted molar refractivity (Wildman–Crippen MR) is 150 cm³/mol. The second-order valence-electron chi connectivity index (χ2n) is 9.25. The number of benzene rings is 2. The molecule has 1 aliphatic carbocycles. The lowest BCUT2D eigenvalue weighted by molar-refractivity contribution is -0.116. The average molecular weight is 565 g/mol. The van der Waals surface area contributed by atoms with E-state index in [4.69, 9.17) is 9.47 Å². The van der Waals surface area contributed by atoms with Gasteiger partial charge in [-0.1, -0.05) is 46.9 Å². The van der Waals surface area contributed by atoms with Crippen molar-refractivity contribution >= 4 is 44.8 Å². The molecule has 1 aliphatic rings. The topological polar surface area (TPSA) is 128 Å². The largest absolute Gasteiger partial charge is 0.497 e. The first-order valence-electron chi connectivity index (χ1n) is 12.5. The van der Waals surface area contributed by atoms with E-state index in [1.807, 2.05) is 48.5 Å². The molecule has 0 aliphatic heterocycles. The Bertz CT molecular complexity index is 1350. The van der Waals surface area contributed by atoms with E-state index in [2.05, 4.69) is 31.0 Å². The van der Waals surface area contributed by atoms with Gasteiger partial charge < -0.3 is 20.1 Å². The zero-order valence-corrected chi connectivity index (χ0v) is 23.2. The normalized spacial score (nSPS) is 16.6. The fourth-order valence-electron chi connectivity index (χ4n) is 4.59. The lowest BCUT2D eigenvalue weighted by Crippen LogP contribution is -2.14. The molecule has 202 valence electrons. The summed E-state index contributed by atoms with van der Waals surface area (Å²) < 4.78 is 10.4. The van der Waals surface area contributed by atoms with E-state index in [1.165, 1.54) is 22.7 Å². The fourth-order valence-corrected chi connectivity index (χ4v) is 6.41. The third kappa shape index (κ3) is 6.95. The molecule has 1 fully saturated rings. The van der Waals surface area contributed by atoms with Gasteiger partial charge in [0.25, 0.3) is 0 Å². The van der Waals surface area contributed by atoms with Gasteiger partial charge in [-0.2, -0.15) is 0 Å². The Morgan fingerprint density at radius 1 is 0.769 bits per heavy atom. The SMILES string of the molecule is COc1cccc(CC(=O)Nc2nnc([C@@H]3CC[C@@H](c4nnc(NC(=O)Cc5cccc(OC)c5)s4)C3)s2)c1. The number of hydrogen-bond acceptors (Lipinski definition) is 10. The summed E-state index contributed by atoms with van der Waals surface area (Å²) in [5.74, 6) is 1.62. The first-order chi connectivity index (χ1) is 19.0. The molecular weight excluding hydrogens is 536 g/mol. The molecule has 2 heterocycles. The smallest absolute Gasteiger partial charge is 0.230 e. The number of anilines is 2. The van der Waals surface area contributed by atoms with Crippen LogP contribution >= 0.6 is 22.7 Å². The molecule has 0 radical (unpaired) electrons. The number of ether oxygens (including phenoxy) is 2. The van der Waals surface area contributed by atoms with Crippen LogP contribution in [0, 0.1) is 0 Å². The molecule has 2 N–H and O–H groups in total. The maximum atomic E-state index is 12.5. The molecule has 0 bridgehead atoms. The molecule has 2 atom stereocenters. The van der Waals surface area contributed by atoms with Crippen LogP contribution in [-0.4, -0.2) is 46.4 Å². The van der Waals surface area contributed by atoms with Gasteiger partial charge in [-0.3, -0.25) is 9.59 Å². The Kier molecular flexibility index (Phi) is 8.42. The number of carbonyl (C=O) groups is 2. The van der Waals surface area contributed by atoms with Gasteiger partial charge in [0.2, 0.25) is 22.1 Å². The molecule has 39 heavy (non-hydrogen) atoms. The van der Waals surface area contributed by atoms with Crippen LogP contribution in [-0.2, 0) is 22.4 Å². The third-order valence-corrected chi connectivity index (χ3v) is 8.51. The fraction of sp³-hybridized carbons (Fsp3) is 0.333. The van der Waals surface area contributed by atoms with Gasteiger partial charge in [0, 0.05) is 11.8 Å². The maximum absolute atomic E-state index is 12.5. The molecule has 0 spiro atoms. The van der Waals surface area contributed by atoms with E-state index < -0.39 is 0 Å². The van der Waals surface area contributed by atoms with E-state index in [0.29, 0.717) is 21.8 Å². The third-order valence-electron chi connectivity index (χ3n) is 6.50. The van der Waals surface area contributed by atoms with E-state index in [1.54, 1.807) is 14.2 Å². The molecule has 5 rings (SSSR count). The number of rotatable bonds is 10. The summed E-state index contributed by atoms with van der Waals surface area (Å²) in [5.41, 5.74) is 1.73. The number of nitrogens with zero attached hydrogens (tertiary/aromatic N) is 4. The van der Waals surface area contributed by atoms with Crippen molar-refractivity contribution < 1.29 is 19.1 Å². The highest BCUT2D eigenvalue weighted by atomic mass is 32.1. The molecule has 0 saturated heterocycles. The summed E-state index contributed by atoms with van der Waals surface area (Å²) in [6, 6.07) is 14.9. The lowest BCUT2D eigenvalue weighted by atomic mass is 10.1. The Hall–Kier alpha value is -3.90. The lowest BCUT2D eigenvalue weighted by Gasteiger charge is -2.06. The zero-order chi connectivity index (χ0) is 27.2. The van der Waals surface area contributed by atoms with E-state index in [-0.39, 0.29) is 36.5 Å². The van der Waals surface area contributed by atoms with Gasteiger partial charge in [-0.05, 0) is 54.7 Å². The quantitative estimate of drug-likeness (QED) is 0.281.